The van der Waals surface area contributed by atoms with Crippen LogP contribution in [0.5, 0.6) is 0 Å². The van der Waals surface area contributed by atoms with Crippen molar-refractivity contribution in [3.05, 3.63) is 48.3 Å². The van der Waals surface area contributed by atoms with Crippen LogP contribution in [0, 0.1) is 0 Å². The van der Waals surface area contributed by atoms with Crippen LogP contribution in [0.3, 0.4) is 0 Å². The molecule has 162 valence electrons. The number of guanidine groups is 1. The molecule has 0 aliphatic rings. The molecule has 0 saturated heterocycles. The summed E-state index contributed by atoms with van der Waals surface area (Å²) in [6, 6.07) is 10.1. The summed E-state index contributed by atoms with van der Waals surface area (Å²) in [6.07, 6.45) is 4.49. The summed E-state index contributed by atoms with van der Waals surface area (Å²) in [4.78, 5) is 4.15. The predicted molar refractivity (Wildman–Crippen MR) is 129 cm³/mol. The van der Waals surface area contributed by atoms with Crippen LogP contribution in [-0.2, 0) is 16.4 Å². The summed E-state index contributed by atoms with van der Waals surface area (Å²) in [7, 11) is -1.56. The van der Waals surface area contributed by atoms with E-state index in [9.17, 15) is 8.42 Å². The largest absolute Gasteiger partial charge is 0.356 e. The number of halogens is 1. The minimum atomic E-state index is -3.23. The van der Waals surface area contributed by atoms with Crippen LogP contribution < -0.4 is 10.6 Å². The van der Waals surface area contributed by atoms with Crippen molar-refractivity contribution < 1.29 is 8.42 Å². The van der Waals surface area contributed by atoms with Gasteiger partial charge in [0, 0.05) is 45.6 Å². The zero-order valence-corrected chi connectivity index (χ0v) is 20.4. The molecule has 0 fully saturated rings. The Morgan fingerprint density at radius 2 is 1.79 bits per heavy atom. The van der Waals surface area contributed by atoms with E-state index in [0.29, 0.717) is 32.1 Å². The summed E-state index contributed by atoms with van der Waals surface area (Å²) in [5.41, 5.74) is 2.22. The van der Waals surface area contributed by atoms with Crippen LogP contribution in [0.4, 0.5) is 0 Å². The minimum absolute atomic E-state index is 0. The molecule has 0 aliphatic carbocycles. The number of sulfonamides is 1. The van der Waals surface area contributed by atoms with Crippen molar-refractivity contribution in [1.29, 1.82) is 0 Å². The van der Waals surface area contributed by atoms with Crippen molar-refractivity contribution >= 4 is 40.0 Å². The first-order chi connectivity index (χ1) is 13.5. The normalized spacial score (nSPS) is 11.9. The first-order valence-corrected chi connectivity index (χ1v) is 11.1. The molecule has 1 heterocycles. The second-order valence-corrected chi connectivity index (χ2v) is 8.28. The number of nitrogens with zero attached hydrogens (tertiary/aromatic N) is 4. The van der Waals surface area contributed by atoms with Gasteiger partial charge >= 0.3 is 0 Å². The van der Waals surface area contributed by atoms with Gasteiger partial charge in [0.25, 0.3) is 0 Å². The lowest BCUT2D eigenvalue weighted by atomic mass is 10.1. The highest BCUT2D eigenvalue weighted by atomic mass is 127. The lowest BCUT2D eigenvalue weighted by Crippen LogP contribution is -2.42. The molecular formula is C19H31IN6O2S. The summed E-state index contributed by atoms with van der Waals surface area (Å²) in [5, 5.41) is 10.5. The maximum Gasteiger partial charge on any atom is 0.215 e. The fraction of sp³-hybridized carbons (Fsp3) is 0.474. The molecule has 0 spiro atoms. The van der Waals surface area contributed by atoms with Crippen LogP contribution >= 0.6 is 24.0 Å². The molecule has 2 rings (SSSR count). The van der Waals surface area contributed by atoms with E-state index in [1.807, 2.05) is 42.9 Å². The third-order valence-corrected chi connectivity index (χ3v) is 6.41. The smallest absolute Gasteiger partial charge is 0.215 e. The molecule has 10 heteroatoms. The van der Waals surface area contributed by atoms with Crippen molar-refractivity contribution in [3.63, 3.8) is 0 Å². The molecule has 8 nitrogen and oxygen atoms in total. The molecule has 0 atom stereocenters. The Kier molecular flexibility index (Phi) is 11.2. The van der Waals surface area contributed by atoms with Crippen molar-refractivity contribution in [2.24, 2.45) is 4.99 Å². The highest BCUT2D eigenvalue weighted by Gasteiger charge is 2.18. The number of nitrogens with one attached hydrogen (secondary N) is 2. The fourth-order valence-electron chi connectivity index (χ4n) is 2.83. The van der Waals surface area contributed by atoms with E-state index in [2.05, 4.69) is 32.9 Å². The average Bonchev–Trinajstić information content (AvgIpc) is 3.22. The predicted octanol–water partition coefficient (Wildman–Crippen LogP) is 1.87. The van der Waals surface area contributed by atoms with Crippen LogP contribution in [-0.4, -0.2) is 67.4 Å². The van der Waals surface area contributed by atoms with E-state index in [0.717, 1.165) is 12.1 Å². The van der Waals surface area contributed by atoms with Crippen LogP contribution in [0.1, 0.15) is 19.4 Å². The lowest BCUT2D eigenvalue weighted by molar-refractivity contribution is 0.445. The summed E-state index contributed by atoms with van der Waals surface area (Å²) >= 11 is 0. The monoisotopic (exact) mass is 534 g/mol. The van der Waals surface area contributed by atoms with Gasteiger partial charge in [-0.3, -0.25) is 4.99 Å². The van der Waals surface area contributed by atoms with Gasteiger partial charge in [0.2, 0.25) is 10.0 Å². The van der Waals surface area contributed by atoms with Crippen LogP contribution in [0.15, 0.2) is 47.7 Å². The summed E-state index contributed by atoms with van der Waals surface area (Å²) < 4.78 is 27.7. The Morgan fingerprint density at radius 3 is 2.34 bits per heavy atom. The molecule has 1 aromatic carbocycles. The molecule has 1 aromatic heterocycles. The van der Waals surface area contributed by atoms with Gasteiger partial charge in [0.05, 0.1) is 11.4 Å². The molecular weight excluding hydrogens is 503 g/mol. The molecule has 0 radical (unpaired) electrons. The van der Waals surface area contributed by atoms with Crippen molar-refractivity contribution in [3.8, 4) is 5.69 Å². The Bertz CT molecular complexity index is 834. The maximum atomic E-state index is 12.2. The zero-order valence-electron chi connectivity index (χ0n) is 17.2. The van der Waals surface area contributed by atoms with Crippen molar-refractivity contribution in [1.82, 2.24) is 24.7 Å². The quantitative estimate of drug-likeness (QED) is 0.276. The van der Waals surface area contributed by atoms with E-state index < -0.39 is 10.0 Å². The molecule has 0 aliphatic heterocycles. The second-order valence-electron chi connectivity index (χ2n) is 6.19. The molecule has 0 bridgehead atoms. The Balaban J connectivity index is 0.00000420. The molecule has 0 amide bonds. The first kappa shape index (κ1) is 25.4. The van der Waals surface area contributed by atoms with Gasteiger partial charge in [-0.05, 0) is 30.2 Å². The third-order valence-electron chi connectivity index (χ3n) is 4.39. The molecule has 2 N–H and O–H groups in total. The number of benzene rings is 1. The topological polar surface area (TPSA) is 91.6 Å². The number of hydrogen-bond acceptors (Lipinski definition) is 4. The SMILES string of the molecule is CCN(CC)S(=O)(=O)CCNC(=NC)NCCc1ccc(-n2cccn2)cc1.I. The van der Waals surface area contributed by atoms with Gasteiger partial charge < -0.3 is 10.6 Å². The Morgan fingerprint density at radius 1 is 1.14 bits per heavy atom. The Hall–Kier alpha value is -1.66. The van der Waals surface area contributed by atoms with E-state index in [-0.39, 0.29) is 29.7 Å². The van der Waals surface area contributed by atoms with Gasteiger partial charge in [0.15, 0.2) is 5.96 Å². The van der Waals surface area contributed by atoms with Gasteiger partial charge in [-0.25, -0.2) is 17.4 Å². The average molecular weight is 534 g/mol. The molecule has 2 aromatic rings. The number of aromatic nitrogens is 2. The molecule has 0 unspecified atom stereocenters. The zero-order chi connectivity index (χ0) is 20.4. The van der Waals surface area contributed by atoms with Gasteiger partial charge in [0.1, 0.15) is 0 Å². The van der Waals surface area contributed by atoms with E-state index in [1.165, 1.54) is 9.87 Å². The van der Waals surface area contributed by atoms with Gasteiger partial charge in [-0.15, -0.1) is 24.0 Å². The molecule has 29 heavy (non-hydrogen) atoms. The van der Waals surface area contributed by atoms with E-state index >= 15 is 0 Å². The van der Waals surface area contributed by atoms with E-state index in [4.69, 9.17) is 0 Å². The minimum Gasteiger partial charge on any atom is -0.356 e. The second kappa shape index (κ2) is 12.8. The van der Waals surface area contributed by atoms with Crippen molar-refractivity contribution in [2.75, 3.05) is 39.0 Å². The lowest BCUT2D eigenvalue weighted by Gasteiger charge is -2.19. The summed E-state index contributed by atoms with van der Waals surface area (Å²) in [5.74, 6) is 0.646. The summed E-state index contributed by atoms with van der Waals surface area (Å²) in [6.45, 7) is 5.68. The highest BCUT2D eigenvalue weighted by molar-refractivity contribution is 14.0. The standard InChI is InChI=1S/C19H30N6O2S.HI/c1-4-24(5-2)28(26,27)16-14-22-19(20-3)21-13-11-17-7-9-18(10-8-17)25-15-6-12-23-25;/h6-10,12,15H,4-5,11,13-14,16H2,1-3H3,(H2,20,21,22);1H. The Labute approximate surface area is 190 Å². The number of hydrogen-bond donors (Lipinski definition) is 2. The van der Waals surface area contributed by atoms with Crippen molar-refractivity contribution in [2.45, 2.75) is 20.3 Å². The number of rotatable bonds is 10. The first-order valence-electron chi connectivity index (χ1n) is 9.51. The fourth-order valence-corrected chi connectivity index (χ4v) is 4.23. The van der Waals surface area contributed by atoms with Crippen LogP contribution in [0.25, 0.3) is 5.69 Å². The highest BCUT2D eigenvalue weighted by Crippen LogP contribution is 2.08. The molecule has 0 saturated carbocycles. The van der Waals surface area contributed by atoms with Gasteiger partial charge in [-0.2, -0.15) is 5.10 Å². The third kappa shape index (κ3) is 7.94. The van der Waals surface area contributed by atoms with E-state index in [1.54, 1.807) is 13.2 Å². The van der Waals surface area contributed by atoms with Gasteiger partial charge in [-0.1, -0.05) is 26.0 Å². The number of aliphatic imine (C=N–C) groups is 1. The maximum absolute atomic E-state index is 12.2. The van der Waals surface area contributed by atoms with Crippen LogP contribution in [0.2, 0.25) is 0 Å².